The van der Waals surface area contributed by atoms with Crippen molar-refractivity contribution in [3.8, 4) is 5.75 Å². The maximum atomic E-state index is 12.7. The molecule has 124 valence electrons. The fraction of sp³-hybridized carbons (Fsp3) is 0.0556. The van der Waals surface area contributed by atoms with Crippen LogP contribution in [0.5, 0.6) is 5.75 Å². The van der Waals surface area contributed by atoms with Crippen molar-refractivity contribution in [1.29, 1.82) is 0 Å². The monoisotopic (exact) mass is 334 g/mol. The number of nitrogens with zero attached hydrogens (tertiary/aromatic N) is 2. The van der Waals surface area contributed by atoms with Crippen LogP contribution in [0.2, 0.25) is 0 Å². The van der Waals surface area contributed by atoms with Crippen LogP contribution in [0.3, 0.4) is 0 Å². The SMILES string of the molecule is COc1ccc2[nH]c3c(=O)n(/N=C\c4ccccc4)c(=O)[nH]c3c2c1. The van der Waals surface area contributed by atoms with Gasteiger partial charge in [0.2, 0.25) is 0 Å². The molecular formula is C18H14N4O3. The molecule has 0 aliphatic heterocycles. The smallest absolute Gasteiger partial charge is 0.350 e. The van der Waals surface area contributed by atoms with E-state index < -0.39 is 11.2 Å². The zero-order chi connectivity index (χ0) is 17.4. The van der Waals surface area contributed by atoms with Gasteiger partial charge < -0.3 is 14.7 Å². The first-order valence-corrected chi connectivity index (χ1v) is 7.61. The van der Waals surface area contributed by atoms with E-state index in [9.17, 15) is 9.59 Å². The highest BCUT2D eigenvalue weighted by Crippen LogP contribution is 2.25. The molecule has 2 aromatic heterocycles. The number of methoxy groups -OCH3 is 1. The second kappa shape index (κ2) is 5.79. The zero-order valence-corrected chi connectivity index (χ0v) is 13.3. The van der Waals surface area contributed by atoms with Crippen LogP contribution in [0.15, 0.2) is 63.2 Å². The number of nitrogens with one attached hydrogen (secondary N) is 2. The van der Waals surface area contributed by atoms with Gasteiger partial charge in [-0.05, 0) is 23.8 Å². The largest absolute Gasteiger partial charge is 0.497 e. The van der Waals surface area contributed by atoms with Crippen molar-refractivity contribution in [3.05, 3.63) is 74.9 Å². The molecule has 0 fully saturated rings. The van der Waals surface area contributed by atoms with E-state index in [1.807, 2.05) is 30.3 Å². The number of hydrogen-bond acceptors (Lipinski definition) is 4. The van der Waals surface area contributed by atoms with Crippen LogP contribution in [0.4, 0.5) is 0 Å². The van der Waals surface area contributed by atoms with Crippen molar-refractivity contribution in [2.75, 3.05) is 7.11 Å². The molecule has 0 amide bonds. The van der Waals surface area contributed by atoms with Gasteiger partial charge in [-0.15, -0.1) is 4.68 Å². The summed E-state index contributed by atoms with van der Waals surface area (Å²) in [7, 11) is 1.56. The molecule has 25 heavy (non-hydrogen) atoms. The molecule has 2 aromatic carbocycles. The van der Waals surface area contributed by atoms with Gasteiger partial charge in [0, 0.05) is 10.9 Å². The summed E-state index contributed by atoms with van der Waals surface area (Å²) in [6, 6.07) is 14.6. The summed E-state index contributed by atoms with van der Waals surface area (Å²) in [6.07, 6.45) is 1.47. The van der Waals surface area contributed by atoms with Crippen LogP contribution in [-0.2, 0) is 0 Å². The van der Waals surface area contributed by atoms with Crippen molar-refractivity contribution in [2.24, 2.45) is 5.10 Å². The quantitative estimate of drug-likeness (QED) is 0.562. The highest BCUT2D eigenvalue weighted by molar-refractivity contribution is 6.04. The van der Waals surface area contributed by atoms with Gasteiger partial charge in [-0.1, -0.05) is 30.3 Å². The number of aromatic amines is 2. The van der Waals surface area contributed by atoms with Gasteiger partial charge in [0.25, 0.3) is 0 Å². The van der Waals surface area contributed by atoms with Gasteiger partial charge in [-0.25, -0.2) is 4.79 Å². The number of aromatic nitrogens is 3. The molecule has 0 aliphatic carbocycles. The second-order valence-corrected chi connectivity index (χ2v) is 5.49. The van der Waals surface area contributed by atoms with Gasteiger partial charge in [-0.3, -0.25) is 4.79 Å². The van der Waals surface area contributed by atoms with E-state index in [0.717, 1.165) is 15.8 Å². The Morgan fingerprint density at radius 2 is 1.84 bits per heavy atom. The Labute approximate surface area is 141 Å². The van der Waals surface area contributed by atoms with Gasteiger partial charge in [-0.2, -0.15) is 5.10 Å². The summed E-state index contributed by atoms with van der Waals surface area (Å²) in [5.74, 6) is 0.639. The summed E-state index contributed by atoms with van der Waals surface area (Å²) in [5, 5.41) is 4.73. The Hall–Kier alpha value is -3.61. The fourth-order valence-corrected chi connectivity index (χ4v) is 2.71. The molecule has 4 aromatic rings. The summed E-state index contributed by atoms with van der Waals surface area (Å²) in [4.78, 5) is 30.7. The molecule has 4 rings (SSSR count). The van der Waals surface area contributed by atoms with E-state index in [0.29, 0.717) is 16.7 Å². The lowest BCUT2D eigenvalue weighted by Crippen LogP contribution is -2.32. The number of fused-ring (bicyclic) bond motifs is 3. The number of hydrogen-bond donors (Lipinski definition) is 2. The van der Waals surface area contributed by atoms with E-state index in [1.54, 1.807) is 25.3 Å². The van der Waals surface area contributed by atoms with Crippen LogP contribution in [-0.4, -0.2) is 28.0 Å². The molecule has 0 aliphatic rings. The highest BCUT2D eigenvalue weighted by Gasteiger charge is 2.13. The Kier molecular flexibility index (Phi) is 3.46. The van der Waals surface area contributed by atoms with Gasteiger partial charge in [0.05, 0.1) is 18.8 Å². The summed E-state index contributed by atoms with van der Waals surface area (Å²) >= 11 is 0. The maximum absolute atomic E-state index is 12.7. The molecule has 0 saturated carbocycles. The van der Waals surface area contributed by atoms with Crippen LogP contribution < -0.4 is 16.0 Å². The van der Waals surface area contributed by atoms with Crippen LogP contribution in [0.25, 0.3) is 21.9 Å². The lowest BCUT2D eigenvalue weighted by Gasteiger charge is -1.99. The van der Waals surface area contributed by atoms with E-state index in [-0.39, 0.29) is 5.52 Å². The molecular weight excluding hydrogens is 320 g/mol. The first-order valence-electron chi connectivity index (χ1n) is 7.61. The summed E-state index contributed by atoms with van der Waals surface area (Å²) < 4.78 is 6.01. The Morgan fingerprint density at radius 3 is 2.60 bits per heavy atom. The normalized spacial score (nSPS) is 11.6. The fourth-order valence-electron chi connectivity index (χ4n) is 2.71. The zero-order valence-electron chi connectivity index (χ0n) is 13.3. The first-order chi connectivity index (χ1) is 12.2. The second-order valence-electron chi connectivity index (χ2n) is 5.49. The molecule has 0 radical (unpaired) electrons. The Balaban J connectivity index is 1.93. The third kappa shape index (κ3) is 2.51. The molecule has 2 N–H and O–H groups in total. The van der Waals surface area contributed by atoms with Crippen molar-refractivity contribution in [1.82, 2.24) is 14.6 Å². The highest BCUT2D eigenvalue weighted by atomic mass is 16.5. The molecule has 7 nitrogen and oxygen atoms in total. The van der Waals surface area contributed by atoms with Gasteiger partial charge in [0.15, 0.2) is 0 Å². The van der Waals surface area contributed by atoms with E-state index >= 15 is 0 Å². The van der Waals surface area contributed by atoms with E-state index in [4.69, 9.17) is 4.74 Å². The number of benzene rings is 2. The van der Waals surface area contributed by atoms with Crippen molar-refractivity contribution in [2.45, 2.75) is 0 Å². The molecule has 0 bridgehead atoms. The third-order valence-corrected chi connectivity index (χ3v) is 3.96. The molecule has 0 saturated heterocycles. The van der Waals surface area contributed by atoms with E-state index in [2.05, 4.69) is 15.1 Å². The van der Waals surface area contributed by atoms with Crippen LogP contribution in [0, 0.1) is 0 Å². The van der Waals surface area contributed by atoms with E-state index in [1.165, 1.54) is 6.21 Å². The molecule has 0 spiro atoms. The van der Waals surface area contributed by atoms with Gasteiger partial charge in [0.1, 0.15) is 11.3 Å². The average Bonchev–Trinajstić information content (AvgIpc) is 3.00. The summed E-state index contributed by atoms with van der Waals surface area (Å²) in [5.41, 5.74) is 1.13. The first kappa shape index (κ1) is 14.9. The predicted molar refractivity (Wildman–Crippen MR) is 96.7 cm³/mol. The molecule has 7 heteroatoms. The lowest BCUT2D eigenvalue weighted by molar-refractivity contribution is 0.415. The molecule has 0 atom stereocenters. The molecule has 2 heterocycles. The number of rotatable bonds is 3. The van der Waals surface area contributed by atoms with Gasteiger partial charge >= 0.3 is 11.2 Å². The van der Waals surface area contributed by atoms with Crippen LogP contribution >= 0.6 is 0 Å². The van der Waals surface area contributed by atoms with Crippen molar-refractivity contribution < 1.29 is 4.74 Å². The lowest BCUT2D eigenvalue weighted by atomic mass is 10.2. The minimum Gasteiger partial charge on any atom is -0.497 e. The predicted octanol–water partition coefficient (Wildman–Crippen LogP) is 2.06. The van der Waals surface area contributed by atoms with Crippen molar-refractivity contribution in [3.63, 3.8) is 0 Å². The number of H-pyrrole nitrogens is 2. The van der Waals surface area contributed by atoms with Crippen molar-refractivity contribution >= 4 is 28.2 Å². The minimum absolute atomic E-state index is 0.285. The topological polar surface area (TPSA) is 92.2 Å². The molecule has 0 unspecified atom stereocenters. The maximum Gasteiger partial charge on any atom is 0.350 e. The Morgan fingerprint density at radius 1 is 1.04 bits per heavy atom. The Bertz CT molecular complexity index is 1220. The summed E-state index contributed by atoms with van der Waals surface area (Å²) in [6.45, 7) is 0. The minimum atomic E-state index is -0.603. The standard InChI is InChI=1S/C18H14N4O3/c1-25-12-7-8-14-13(9-12)15-16(20-14)17(23)22(18(24)21-15)19-10-11-5-3-2-4-6-11/h2-10,20H,1H3,(H,21,24)/b19-10-. The third-order valence-electron chi connectivity index (χ3n) is 3.96. The number of ether oxygens (including phenoxy) is 1. The average molecular weight is 334 g/mol. The van der Waals surface area contributed by atoms with Crippen LogP contribution in [0.1, 0.15) is 5.56 Å².